The monoisotopic (exact) mass is 1280 g/mol. The Morgan fingerprint density at radius 2 is 0.549 bits per heavy atom. The summed E-state index contributed by atoms with van der Waals surface area (Å²) in [6.45, 7) is 4.94. The molecule has 0 heterocycles. The van der Waals surface area contributed by atoms with Gasteiger partial charge in [0.15, 0.2) is 0 Å². The Kier molecular flexibility index (Phi) is 78.3. The highest BCUT2D eigenvalue weighted by atomic mass is 16.5. The molecule has 0 saturated carbocycles. The first-order chi connectivity index (χ1) is 45.0. The van der Waals surface area contributed by atoms with Crippen LogP contribution in [-0.4, -0.2) is 47.4 Å². The van der Waals surface area contributed by atoms with Crippen molar-refractivity contribution in [2.45, 2.75) is 469 Å². The normalized spacial score (nSPS) is 12.7. The van der Waals surface area contributed by atoms with Crippen molar-refractivity contribution in [2.24, 2.45) is 0 Å². The van der Waals surface area contributed by atoms with Crippen LogP contribution < -0.4 is 5.32 Å². The van der Waals surface area contributed by atoms with Gasteiger partial charge in [-0.3, -0.25) is 9.59 Å². The number of aliphatic hydroxyl groups is 2. The van der Waals surface area contributed by atoms with Gasteiger partial charge in [-0.2, -0.15) is 0 Å². The van der Waals surface area contributed by atoms with Crippen molar-refractivity contribution in [3.8, 4) is 0 Å². The average molecular weight is 1280 g/mol. The Balaban J connectivity index is 3.37. The molecule has 0 bridgehead atoms. The van der Waals surface area contributed by atoms with Crippen molar-refractivity contribution in [2.75, 3.05) is 13.2 Å². The fraction of sp³-hybridized carbons (Fsp3) is 0.882. The van der Waals surface area contributed by atoms with E-state index in [9.17, 15) is 19.8 Å². The SMILES string of the molecule is CCCCCCCCC/C=C\CCCCCCCC(=O)OCCCCCCCCCCCCCCCCC/C=C\C/C=C\CCCCCCCCCCCCCCCCCCCC(=O)NC(CO)C(O)/C=C/CCCCCCCCCCCCCCCCCCC. The predicted molar refractivity (Wildman–Crippen MR) is 402 cm³/mol. The van der Waals surface area contributed by atoms with Crippen LogP contribution in [0.2, 0.25) is 0 Å². The minimum Gasteiger partial charge on any atom is -0.466 e. The smallest absolute Gasteiger partial charge is 0.305 e. The molecule has 0 aromatic carbocycles. The number of aliphatic hydroxyl groups excluding tert-OH is 2. The summed E-state index contributed by atoms with van der Waals surface area (Å²) in [5.41, 5.74) is 0. The number of ether oxygens (including phenoxy) is 1. The Bertz CT molecular complexity index is 1520. The van der Waals surface area contributed by atoms with Crippen LogP contribution in [0.3, 0.4) is 0 Å². The van der Waals surface area contributed by atoms with Gasteiger partial charge < -0.3 is 20.3 Å². The molecule has 0 saturated heterocycles. The molecular weight excluding hydrogens is 1110 g/mol. The third-order valence-corrected chi connectivity index (χ3v) is 19.3. The van der Waals surface area contributed by atoms with E-state index in [0.29, 0.717) is 19.4 Å². The zero-order valence-corrected chi connectivity index (χ0v) is 61.6. The molecule has 2 unspecified atom stereocenters. The summed E-state index contributed by atoms with van der Waals surface area (Å²) in [6.07, 6.45) is 107. The number of hydrogen-bond acceptors (Lipinski definition) is 5. The summed E-state index contributed by atoms with van der Waals surface area (Å²) < 4.78 is 5.50. The first-order valence-electron chi connectivity index (χ1n) is 41.4. The van der Waals surface area contributed by atoms with E-state index < -0.39 is 12.1 Å². The maximum Gasteiger partial charge on any atom is 0.305 e. The molecule has 0 spiro atoms. The number of unbranched alkanes of at least 4 members (excludes halogenated alkanes) is 61. The molecule has 3 N–H and O–H groups in total. The molecule has 0 fully saturated rings. The maximum atomic E-state index is 12.5. The topological polar surface area (TPSA) is 95.9 Å². The van der Waals surface area contributed by atoms with Crippen molar-refractivity contribution >= 4 is 11.9 Å². The zero-order valence-electron chi connectivity index (χ0n) is 61.6. The average Bonchev–Trinajstić information content (AvgIpc) is 3.74. The molecule has 0 aliphatic carbocycles. The fourth-order valence-corrected chi connectivity index (χ4v) is 13.0. The molecule has 536 valence electrons. The molecule has 0 aromatic rings. The number of carbonyl (C=O) groups excluding carboxylic acids is 2. The second-order valence-electron chi connectivity index (χ2n) is 28.4. The van der Waals surface area contributed by atoms with Gasteiger partial charge in [0.25, 0.3) is 0 Å². The van der Waals surface area contributed by atoms with Gasteiger partial charge in [-0.15, -0.1) is 0 Å². The minimum atomic E-state index is -0.844. The number of nitrogens with one attached hydrogen (secondary N) is 1. The van der Waals surface area contributed by atoms with Gasteiger partial charge in [-0.05, 0) is 89.9 Å². The quantitative estimate of drug-likeness (QED) is 0.0320. The van der Waals surface area contributed by atoms with Crippen molar-refractivity contribution in [3.63, 3.8) is 0 Å². The molecule has 0 radical (unpaired) electrons. The Morgan fingerprint density at radius 1 is 0.308 bits per heavy atom. The lowest BCUT2D eigenvalue weighted by atomic mass is 10.0. The van der Waals surface area contributed by atoms with Gasteiger partial charge in [0.2, 0.25) is 5.91 Å². The molecule has 91 heavy (non-hydrogen) atoms. The van der Waals surface area contributed by atoms with Crippen molar-refractivity contribution in [1.82, 2.24) is 5.32 Å². The summed E-state index contributed by atoms with van der Waals surface area (Å²) in [5, 5.41) is 23.3. The van der Waals surface area contributed by atoms with Gasteiger partial charge >= 0.3 is 5.97 Å². The third-order valence-electron chi connectivity index (χ3n) is 19.3. The largest absolute Gasteiger partial charge is 0.466 e. The molecule has 6 nitrogen and oxygen atoms in total. The molecule has 6 heteroatoms. The molecule has 0 aliphatic heterocycles. The van der Waals surface area contributed by atoms with Crippen LogP contribution in [0, 0.1) is 0 Å². The highest BCUT2D eigenvalue weighted by molar-refractivity contribution is 5.76. The van der Waals surface area contributed by atoms with Crippen LogP contribution in [0.25, 0.3) is 0 Å². The predicted octanol–water partition coefficient (Wildman–Crippen LogP) is 27.5. The lowest BCUT2D eigenvalue weighted by Crippen LogP contribution is -2.45. The Morgan fingerprint density at radius 3 is 0.846 bits per heavy atom. The maximum absolute atomic E-state index is 12.5. The van der Waals surface area contributed by atoms with E-state index in [0.717, 1.165) is 51.4 Å². The number of esters is 1. The standard InChI is InChI=1S/C85H161NO5/c1-3-5-7-9-11-13-15-17-19-21-43-46-49-53-57-61-65-69-73-77-83(88)82(81-87)86-84(89)78-74-70-66-62-58-54-50-47-44-41-39-37-35-33-31-29-27-25-23-22-24-26-28-30-32-34-36-38-40-42-45-48-52-56-60-64-68-72-76-80-91-85(90)79-75-71-67-63-59-55-51-20-18-16-14-12-10-8-6-4-2/h20,22-23,26,28,51,73,77,82-83,87-88H,3-19,21,24-25,27,29-50,52-72,74-76,78-81H2,1-2H3,(H,86,89)/b23-22-,28-26-,51-20-,77-73+. The summed E-state index contributed by atoms with van der Waals surface area (Å²) in [5.74, 6) is -0.0477. The fourth-order valence-electron chi connectivity index (χ4n) is 13.0. The first-order valence-corrected chi connectivity index (χ1v) is 41.4. The summed E-state index contributed by atoms with van der Waals surface area (Å²) >= 11 is 0. The van der Waals surface area contributed by atoms with E-state index in [-0.39, 0.29) is 18.5 Å². The molecular formula is C85H161NO5. The van der Waals surface area contributed by atoms with Gasteiger partial charge in [-0.1, -0.05) is 403 Å². The van der Waals surface area contributed by atoms with Crippen LogP contribution >= 0.6 is 0 Å². The number of carbonyl (C=O) groups is 2. The van der Waals surface area contributed by atoms with Crippen LogP contribution in [0.15, 0.2) is 48.6 Å². The minimum absolute atomic E-state index is 0.0133. The summed E-state index contributed by atoms with van der Waals surface area (Å²) in [6, 6.07) is -0.627. The number of hydrogen-bond donors (Lipinski definition) is 3. The van der Waals surface area contributed by atoms with Gasteiger partial charge in [0.05, 0.1) is 25.4 Å². The molecule has 1 amide bonds. The third kappa shape index (κ3) is 76.7. The first kappa shape index (κ1) is 88.8. The van der Waals surface area contributed by atoms with E-state index in [1.807, 2.05) is 6.08 Å². The van der Waals surface area contributed by atoms with Crippen molar-refractivity contribution in [1.29, 1.82) is 0 Å². The van der Waals surface area contributed by atoms with E-state index >= 15 is 0 Å². The Labute approximate surface area is 569 Å². The number of rotatable bonds is 78. The molecule has 0 aliphatic rings. The van der Waals surface area contributed by atoms with Gasteiger partial charge in [-0.25, -0.2) is 0 Å². The van der Waals surface area contributed by atoms with Crippen LogP contribution in [-0.2, 0) is 14.3 Å². The lowest BCUT2D eigenvalue weighted by Gasteiger charge is -2.20. The van der Waals surface area contributed by atoms with Crippen LogP contribution in [0.5, 0.6) is 0 Å². The highest BCUT2D eigenvalue weighted by Crippen LogP contribution is 2.20. The van der Waals surface area contributed by atoms with E-state index in [1.54, 1.807) is 6.08 Å². The number of amides is 1. The summed E-state index contributed by atoms with van der Waals surface area (Å²) in [4.78, 5) is 24.6. The van der Waals surface area contributed by atoms with Crippen molar-refractivity contribution in [3.05, 3.63) is 48.6 Å². The van der Waals surface area contributed by atoms with E-state index in [4.69, 9.17) is 4.74 Å². The second-order valence-corrected chi connectivity index (χ2v) is 28.4. The summed E-state index contributed by atoms with van der Waals surface area (Å²) in [7, 11) is 0. The van der Waals surface area contributed by atoms with Gasteiger partial charge in [0.1, 0.15) is 0 Å². The second kappa shape index (κ2) is 80.3. The highest BCUT2D eigenvalue weighted by Gasteiger charge is 2.18. The molecule has 2 atom stereocenters. The number of allylic oxidation sites excluding steroid dienone is 7. The van der Waals surface area contributed by atoms with Crippen LogP contribution in [0.1, 0.15) is 457 Å². The zero-order chi connectivity index (χ0) is 65.6. The van der Waals surface area contributed by atoms with E-state index in [1.165, 1.54) is 379 Å². The van der Waals surface area contributed by atoms with Gasteiger partial charge in [0, 0.05) is 12.8 Å². The molecule has 0 aromatic heterocycles. The van der Waals surface area contributed by atoms with Crippen molar-refractivity contribution < 1.29 is 24.5 Å². The Hall–Kier alpha value is -2.18. The van der Waals surface area contributed by atoms with Crippen LogP contribution in [0.4, 0.5) is 0 Å². The van der Waals surface area contributed by atoms with E-state index in [2.05, 4.69) is 55.6 Å². The lowest BCUT2D eigenvalue weighted by molar-refractivity contribution is -0.143. The molecule has 0 rings (SSSR count).